The van der Waals surface area contributed by atoms with E-state index in [1.54, 1.807) is 118 Å². The Labute approximate surface area is 815 Å². The van der Waals surface area contributed by atoms with Crippen molar-refractivity contribution in [1.82, 2.24) is 101 Å². The minimum atomic E-state index is -1.15. The molecule has 0 aliphatic carbocycles. The number of fused-ring (bicyclic) bond motifs is 4. The number of nitrogens with one attached hydrogen (secondary N) is 8. The molecule has 0 unspecified atom stereocenters. The second-order valence-corrected chi connectivity index (χ2v) is 40.9. The Hall–Kier alpha value is -12.1. The SMILES string of the molecule is CCNC(=O)Nc1nc2cc(-c3cnc(C(C)(C)O)nc3)c(N(C)CCOC)cc2s1.CCNC(=O)Nc1nc2cc(-c3cnc(C(C)(C)O)nc3)c(OCCO)cc2s1.CCNC(=O)Nc1nc2cc(-c3cnc(C(C)(C)O)nc3)cc(-c3cc(CN4CCS(=O)CC4)ccn3)c2s1.CCNC(=O)Nc1nc2cc(-c3cnc(C(C)(C)O)nc3)cc(-c3cc(CN4CCSCC4)ccn3)c2s1. The zero-order valence-corrected chi connectivity index (χ0v) is 83.5. The highest BCUT2D eigenvalue weighted by molar-refractivity contribution is 7.99. The van der Waals surface area contributed by atoms with Crippen molar-refractivity contribution in [2.24, 2.45) is 0 Å². The molecule has 4 aromatic carbocycles. The molecule has 14 aromatic rings. The Kier molecular flexibility index (Phi) is 34.6. The van der Waals surface area contributed by atoms with Crippen molar-refractivity contribution in [3.63, 3.8) is 0 Å². The molecule has 0 atom stereocenters. The quantitative estimate of drug-likeness (QED) is 0.0207. The first kappa shape index (κ1) is 102. The van der Waals surface area contributed by atoms with E-state index in [1.807, 2.05) is 101 Å². The summed E-state index contributed by atoms with van der Waals surface area (Å²) < 4.78 is 26.3. The average molecular weight is 1980 g/mol. The van der Waals surface area contributed by atoms with Crippen LogP contribution in [-0.2, 0) is 51.0 Å². The maximum atomic E-state index is 12.2. The second-order valence-electron chi connectivity index (χ2n) is 33.9. The van der Waals surface area contributed by atoms with Crippen LogP contribution in [0.3, 0.4) is 0 Å². The molecule has 8 amide bonds. The summed E-state index contributed by atoms with van der Waals surface area (Å²) in [5, 5.41) is 73.8. The van der Waals surface area contributed by atoms with E-state index >= 15 is 0 Å². The van der Waals surface area contributed by atoms with Crippen LogP contribution in [0.2, 0.25) is 0 Å². The molecule has 37 nitrogen and oxygen atoms in total. The number of aliphatic hydroxyl groups excluding tert-OH is 1. The largest absolute Gasteiger partial charge is 0.490 e. The molecule has 2 aliphatic heterocycles. The molecule has 13 N–H and O–H groups in total. The summed E-state index contributed by atoms with van der Waals surface area (Å²) in [6, 6.07) is 22.8. The number of thioether (sulfide) groups is 1. The molecule has 0 bridgehead atoms. The summed E-state index contributed by atoms with van der Waals surface area (Å²) in [6.07, 6.45) is 17.1. The lowest BCUT2D eigenvalue weighted by Gasteiger charge is -2.26. The molecule has 137 heavy (non-hydrogen) atoms. The number of hydrogen-bond donors (Lipinski definition) is 13. The number of aliphatic hydroxyl groups is 5. The highest BCUT2D eigenvalue weighted by Crippen LogP contribution is 2.44. The second kappa shape index (κ2) is 46.4. The number of methoxy groups -OCH3 is 1. The maximum absolute atomic E-state index is 12.2. The van der Waals surface area contributed by atoms with Gasteiger partial charge in [0, 0.05) is 238 Å². The van der Waals surface area contributed by atoms with E-state index in [9.17, 15) is 43.8 Å². The smallest absolute Gasteiger partial charge is 0.321 e. The zero-order valence-electron chi connectivity index (χ0n) is 78.6. The molecule has 0 radical (unpaired) electrons. The number of rotatable bonds is 29. The number of hydrogen-bond acceptors (Lipinski definition) is 34. The van der Waals surface area contributed by atoms with Crippen LogP contribution < -0.4 is 52.2 Å². The molecule has 2 fully saturated rings. The van der Waals surface area contributed by atoms with Crippen molar-refractivity contribution in [1.29, 1.82) is 0 Å². The summed E-state index contributed by atoms with van der Waals surface area (Å²) in [5.41, 5.74) is 11.5. The molecule has 43 heteroatoms. The van der Waals surface area contributed by atoms with Gasteiger partial charge in [-0.3, -0.25) is 45.2 Å². The molecule has 2 aliphatic rings. The Morgan fingerprint density at radius 1 is 0.438 bits per heavy atom. The van der Waals surface area contributed by atoms with Crippen LogP contribution in [0.1, 0.15) is 118 Å². The first-order valence-electron chi connectivity index (χ1n) is 44.4. The van der Waals surface area contributed by atoms with Gasteiger partial charge in [-0.15, -0.1) is 0 Å². The van der Waals surface area contributed by atoms with Crippen LogP contribution in [0.25, 0.3) is 108 Å². The van der Waals surface area contributed by atoms with Crippen LogP contribution in [0.4, 0.5) is 45.4 Å². The van der Waals surface area contributed by atoms with Gasteiger partial charge in [0.05, 0.1) is 65.5 Å². The Morgan fingerprint density at radius 2 is 0.803 bits per heavy atom. The van der Waals surface area contributed by atoms with Crippen molar-refractivity contribution in [2.75, 3.05) is 142 Å². The number of thiazole rings is 4. The molecular formula is C94H113N25O12S6. The molecule has 10 aromatic heterocycles. The van der Waals surface area contributed by atoms with Crippen LogP contribution in [-0.4, -0.2) is 249 Å². The summed E-state index contributed by atoms with van der Waals surface area (Å²) in [7, 11) is 2.94. The standard InChI is InChI=1S/C27H31N7O3S2.C27H31N7O2S2.C21H28N6O3S.C19H23N5O4S/c1-4-28-25(35)33-26-32-22-13-18(19-14-30-24(31-15-19)27(2,3)36)12-20(23(22)38-26)21-11-17(5-6-29-21)16-34-7-9-39(37)10-8-34;1-4-28-25(35)33-26-32-22-13-18(19-14-30-24(31-15-19)27(2,3)36)12-20(23(22)38-26)21-11-17(5-6-29-21)16-34-7-9-37-10-8-34;1-6-22-19(28)26-20-25-15-9-14(13-11-23-18(24-12-13)21(2,3)29)16(10-17(15)31-20)27(4)7-8-30-5;1-4-20-17(26)24-18-23-13-7-12(14(28-6-5-25)8-15(13)29-18)11-9-21-16(22-10-11)19(2,3)27/h5-6,11-15,36H,4,7-10,16H2,1-3H3,(H2,28,32,33,35);5-6,11-15,36H,4,7-10,16H2,1-3H3,(H2,28,32,33,35);9-12,29H,6-8H2,1-5H3,(H2,22,25,26,28);7-10,25,27H,4-6H2,1-3H3,(H2,20,23,24,26). The lowest BCUT2D eigenvalue weighted by molar-refractivity contribution is 0.0682. The molecule has 16 rings (SSSR count). The zero-order chi connectivity index (χ0) is 97.9. The third-order valence-corrected chi connectivity index (χ3v) is 27.2. The van der Waals surface area contributed by atoms with Crippen molar-refractivity contribution in [3.8, 4) is 72.8 Å². The number of amides is 8. The van der Waals surface area contributed by atoms with Crippen LogP contribution >= 0.6 is 57.1 Å². The average Bonchev–Trinajstić information content (AvgIpc) is 1.65. The Balaban J connectivity index is 0.000000156. The topological polar surface area (TPSA) is 491 Å². The lowest BCUT2D eigenvalue weighted by atomic mass is 10.0. The summed E-state index contributed by atoms with van der Waals surface area (Å²) >= 11 is 7.55. The van der Waals surface area contributed by atoms with Gasteiger partial charge in [0.2, 0.25) is 0 Å². The minimum absolute atomic E-state index is 0.127. The highest BCUT2D eigenvalue weighted by Gasteiger charge is 2.28. The molecule has 12 heterocycles. The molecular weight excluding hydrogens is 1860 g/mol. The monoisotopic (exact) mass is 1980 g/mol. The fourth-order valence-electron chi connectivity index (χ4n) is 14.2. The number of benzene rings is 4. The van der Waals surface area contributed by atoms with Gasteiger partial charge in [0.15, 0.2) is 43.8 Å². The Morgan fingerprint density at radius 3 is 1.19 bits per heavy atom. The molecule has 0 saturated carbocycles. The van der Waals surface area contributed by atoms with E-state index < -0.39 is 33.2 Å². The van der Waals surface area contributed by atoms with E-state index in [0.717, 1.165) is 153 Å². The summed E-state index contributed by atoms with van der Waals surface area (Å²) in [6.45, 7) is 29.4. The van der Waals surface area contributed by atoms with E-state index in [2.05, 4.69) is 136 Å². The van der Waals surface area contributed by atoms with Gasteiger partial charge in [-0.25, -0.2) is 79.0 Å². The molecule has 2 saturated heterocycles. The number of ether oxygens (including phenoxy) is 2. The molecule has 0 spiro atoms. The van der Waals surface area contributed by atoms with Crippen LogP contribution in [0.15, 0.2) is 135 Å². The third kappa shape index (κ3) is 27.7. The highest BCUT2D eigenvalue weighted by atomic mass is 32.2. The van der Waals surface area contributed by atoms with Gasteiger partial charge in [0.25, 0.3) is 0 Å². The van der Waals surface area contributed by atoms with Crippen molar-refractivity contribution >= 4 is 159 Å². The van der Waals surface area contributed by atoms with Crippen LogP contribution in [0.5, 0.6) is 5.75 Å². The number of carbonyl (C=O) groups excluding carboxylic acids is 4. The van der Waals surface area contributed by atoms with E-state index in [1.165, 1.54) is 50.9 Å². The summed E-state index contributed by atoms with van der Waals surface area (Å²) in [4.78, 5) is 117. The fraction of sp³-hybridized carbons (Fsp3) is 0.383. The third-order valence-electron chi connectivity index (χ3n) is 21.1. The predicted molar refractivity (Wildman–Crippen MR) is 544 cm³/mol. The van der Waals surface area contributed by atoms with Gasteiger partial charge in [-0.05, 0) is 172 Å². The van der Waals surface area contributed by atoms with Crippen molar-refractivity contribution in [3.05, 3.63) is 169 Å². The number of anilines is 5. The number of likely N-dealkylation sites (N-methyl/N-ethyl adjacent to an activating group) is 1. The minimum Gasteiger partial charge on any atom is -0.490 e. The van der Waals surface area contributed by atoms with Gasteiger partial charge in [-0.1, -0.05) is 45.3 Å². The van der Waals surface area contributed by atoms with E-state index in [0.29, 0.717) is 117 Å². The summed E-state index contributed by atoms with van der Waals surface area (Å²) in [5.74, 6) is 5.64. The first-order chi connectivity index (χ1) is 65.5. The number of urea groups is 4. The molecule has 722 valence electrons. The number of nitrogens with zero attached hydrogens (tertiary/aromatic N) is 17. The van der Waals surface area contributed by atoms with Gasteiger partial charge >= 0.3 is 24.1 Å². The van der Waals surface area contributed by atoms with E-state index in [4.69, 9.17) is 29.5 Å². The van der Waals surface area contributed by atoms with Crippen LogP contribution in [0, 0.1) is 0 Å². The lowest BCUT2D eigenvalue weighted by Crippen LogP contribution is -2.37. The normalized spacial score (nSPS) is 13.3. The van der Waals surface area contributed by atoms with Gasteiger partial charge < -0.3 is 61.2 Å². The number of carbonyl (C=O) groups is 4. The van der Waals surface area contributed by atoms with Crippen molar-refractivity contribution in [2.45, 2.75) is 119 Å². The number of aromatic nitrogens is 14. The van der Waals surface area contributed by atoms with Crippen molar-refractivity contribution < 1.29 is 58.4 Å². The predicted octanol–water partition coefficient (Wildman–Crippen LogP) is 14.2. The number of pyridine rings is 2. The first-order valence-corrected chi connectivity index (χ1v) is 50.3. The van der Waals surface area contributed by atoms with E-state index in [-0.39, 0.29) is 37.3 Å². The van der Waals surface area contributed by atoms with Gasteiger partial charge in [0.1, 0.15) is 34.8 Å². The Bertz CT molecular complexity index is 6530. The van der Waals surface area contributed by atoms with Gasteiger partial charge in [-0.2, -0.15) is 11.8 Å². The fourth-order valence-corrected chi connectivity index (χ4v) is 20.0. The maximum Gasteiger partial charge on any atom is 0.321 e.